The van der Waals surface area contributed by atoms with Crippen molar-refractivity contribution in [2.75, 3.05) is 19.6 Å². The van der Waals surface area contributed by atoms with Gasteiger partial charge in [0.1, 0.15) is 0 Å². The largest absolute Gasteiger partial charge is 0.416 e. The number of fused-ring (bicyclic) bond motifs is 1. The number of amides is 2. The van der Waals surface area contributed by atoms with E-state index in [1.807, 2.05) is 0 Å². The van der Waals surface area contributed by atoms with Crippen molar-refractivity contribution in [3.05, 3.63) is 69.2 Å². The summed E-state index contributed by atoms with van der Waals surface area (Å²) in [6.45, 7) is 2.08. The summed E-state index contributed by atoms with van der Waals surface area (Å²) in [5.74, 6) is -0.0407. The molecule has 3 aromatic rings. The van der Waals surface area contributed by atoms with E-state index in [1.54, 1.807) is 30.5 Å². The highest BCUT2D eigenvalue weighted by Crippen LogP contribution is 2.35. The summed E-state index contributed by atoms with van der Waals surface area (Å²) in [5, 5.41) is 8.02. The number of imide groups is 1. The Balaban J connectivity index is 1.36. The molecule has 2 amide bonds. The van der Waals surface area contributed by atoms with E-state index in [0.717, 1.165) is 43.8 Å². The van der Waals surface area contributed by atoms with Gasteiger partial charge in [-0.15, -0.1) is 0 Å². The topological polar surface area (TPSA) is 67.2 Å². The summed E-state index contributed by atoms with van der Waals surface area (Å²) in [7, 11) is 0. The molecule has 188 valence electrons. The van der Waals surface area contributed by atoms with Gasteiger partial charge < -0.3 is 5.32 Å². The monoisotopic (exact) mass is 534 g/mol. The third kappa shape index (κ3) is 5.16. The molecule has 1 atom stereocenters. The molecule has 2 saturated heterocycles. The number of carbonyl (C=O) groups excluding carboxylic acids is 2. The van der Waals surface area contributed by atoms with Gasteiger partial charge in [0.15, 0.2) is 0 Å². The van der Waals surface area contributed by atoms with Crippen LogP contribution in [0.5, 0.6) is 0 Å². The van der Waals surface area contributed by atoms with Gasteiger partial charge in [-0.2, -0.15) is 18.3 Å². The summed E-state index contributed by atoms with van der Waals surface area (Å²) in [6.07, 6.45) is 0.709. The Kier molecular flexibility index (Phi) is 6.84. The van der Waals surface area contributed by atoms with Gasteiger partial charge >= 0.3 is 6.18 Å². The summed E-state index contributed by atoms with van der Waals surface area (Å²) in [5.41, 5.74) is 0.611. The van der Waals surface area contributed by atoms with Crippen molar-refractivity contribution in [1.82, 2.24) is 20.0 Å². The number of hydrogen-bond donors (Lipinski definition) is 1. The number of halogens is 4. The number of piperidine rings is 1. The van der Waals surface area contributed by atoms with Gasteiger partial charge in [0.2, 0.25) is 0 Å². The second kappa shape index (κ2) is 9.91. The maximum Gasteiger partial charge on any atom is 0.416 e. The van der Waals surface area contributed by atoms with Gasteiger partial charge in [-0.05, 0) is 85.1 Å². The molecule has 11 heteroatoms. The van der Waals surface area contributed by atoms with Crippen molar-refractivity contribution < 1.29 is 22.8 Å². The maximum absolute atomic E-state index is 13.5. The lowest BCUT2D eigenvalue weighted by atomic mass is 9.99. The molecular formula is C25H22ClF3N4O2S. The fourth-order valence-corrected chi connectivity index (χ4v) is 5.60. The Labute approximate surface area is 214 Å². The van der Waals surface area contributed by atoms with E-state index < -0.39 is 11.7 Å². The van der Waals surface area contributed by atoms with Crippen LogP contribution >= 0.6 is 23.4 Å². The molecule has 2 aromatic carbocycles. The van der Waals surface area contributed by atoms with Gasteiger partial charge in [0.25, 0.3) is 11.1 Å². The molecule has 0 saturated carbocycles. The van der Waals surface area contributed by atoms with E-state index in [-0.39, 0.29) is 34.2 Å². The van der Waals surface area contributed by atoms with Crippen LogP contribution in [0.2, 0.25) is 5.02 Å². The molecule has 0 spiro atoms. The number of aromatic nitrogens is 2. The number of benzene rings is 2. The molecule has 2 aliphatic rings. The van der Waals surface area contributed by atoms with Gasteiger partial charge in [-0.25, -0.2) is 0 Å². The molecule has 36 heavy (non-hydrogen) atoms. The first kappa shape index (κ1) is 24.9. The van der Waals surface area contributed by atoms with E-state index >= 15 is 0 Å². The lowest BCUT2D eigenvalue weighted by Crippen LogP contribution is -2.40. The number of nitrogens with zero attached hydrogens (tertiary/aromatic N) is 3. The highest BCUT2D eigenvalue weighted by molar-refractivity contribution is 8.18. The molecule has 2 fully saturated rings. The average molecular weight is 535 g/mol. The SMILES string of the molecule is O=C1SC(=Cc2ccc3c(cnn3Cc3ccc(Cl)cc3C(F)(F)F)c2)C(=O)N1C[C@H]1CCCNC1. The van der Waals surface area contributed by atoms with E-state index in [9.17, 15) is 22.8 Å². The smallest absolute Gasteiger partial charge is 0.316 e. The Morgan fingerprint density at radius 3 is 2.78 bits per heavy atom. The van der Waals surface area contributed by atoms with Crippen molar-refractivity contribution in [1.29, 1.82) is 0 Å². The molecule has 0 unspecified atom stereocenters. The predicted octanol–water partition coefficient (Wildman–Crippen LogP) is 5.79. The number of thioether (sulfide) groups is 1. The zero-order valence-electron chi connectivity index (χ0n) is 19.0. The van der Waals surface area contributed by atoms with Crippen molar-refractivity contribution in [3.63, 3.8) is 0 Å². The van der Waals surface area contributed by atoms with E-state index in [2.05, 4.69) is 10.4 Å². The van der Waals surface area contributed by atoms with Crippen LogP contribution < -0.4 is 5.32 Å². The minimum Gasteiger partial charge on any atom is -0.316 e. The zero-order valence-corrected chi connectivity index (χ0v) is 20.6. The molecule has 5 rings (SSSR count). The van der Waals surface area contributed by atoms with Gasteiger partial charge in [0.05, 0.1) is 28.7 Å². The molecule has 0 aliphatic carbocycles. The lowest BCUT2D eigenvalue weighted by Gasteiger charge is -2.25. The highest BCUT2D eigenvalue weighted by atomic mass is 35.5. The third-order valence-corrected chi connectivity index (χ3v) is 7.52. The summed E-state index contributed by atoms with van der Waals surface area (Å²) in [4.78, 5) is 27.0. The van der Waals surface area contributed by atoms with Gasteiger partial charge in [-0.3, -0.25) is 19.2 Å². The van der Waals surface area contributed by atoms with E-state index in [0.29, 0.717) is 27.9 Å². The maximum atomic E-state index is 13.5. The molecule has 0 bridgehead atoms. The molecule has 1 aromatic heterocycles. The van der Waals surface area contributed by atoms with Crippen LogP contribution in [-0.2, 0) is 17.5 Å². The Hall–Kier alpha value is -2.82. The fraction of sp³-hybridized carbons (Fsp3) is 0.320. The minimum atomic E-state index is -4.53. The Bertz CT molecular complexity index is 1370. The highest BCUT2D eigenvalue weighted by Gasteiger charge is 2.36. The van der Waals surface area contributed by atoms with Crippen LogP contribution in [0.4, 0.5) is 18.0 Å². The van der Waals surface area contributed by atoms with Gasteiger partial charge in [-0.1, -0.05) is 23.7 Å². The first-order valence-corrected chi connectivity index (χ1v) is 12.7. The Morgan fingerprint density at radius 1 is 1.19 bits per heavy atom. The predicted molar refractivity (Wildman–Crippen MR) is 134 cm³/mol. The van der Waals surface area contributed by atoms with Crippen LogP contribution in [0.1, 0.15) is 29.5 Å². The van der Waals surface area contributed by atoms with Gasteiger partial charge in [0, 0.05) is 17.0 Å². The quantitative estimate of drug-likeness (QED) is 0.420. The number of alkyl halides is 3. The van der Waals surface area contributed by atoms with Crippen molar-refractivity contribution in [3.8, 4) is 0 Å². The second-order valence-electron chi connectivity index (χ2n) is 8.92. The molecule has 2 aliphatic heterocycles. The zero-order chi connectivity index (χ0) is 25.4. The normalized spacial score (nSPS) is 20.2. The molecule has 1 N–H and O–H groups in total. The average Bonchev–Trinajstić information content (AvgIpc) is 3.35. The third-order valence-electron chi connectivity index (χ3n) is 6.37. The van der Waals surface area contributed by atoms with Crippen LogP contribution in [0, 0.1) is 5.92 Å². The summed E-state index contributed by atoms with van der Waals surface area (Å²) < 4.78 is 41.9. The van der Waals surface area contributed by atoms with Crippen LogP contribution in [0.15, 0.2) is 47.5 Å². The molecule has 6 nitrogen and oxygen atoms in total. The van der Waals surface area contributed by atoms with Crippen LogP contribution in [-0.4, -0.2) is 45.5 Å². The molecular weight excluding hydrogens is 513 g/mol. The first-order valence-electron chi connectivity index (χ1n) is 11.5. The number of carbonyl (C=O) groups is 2. The first-order chi connectivity index (χ1) is 17.2. The number of hydrogen-bond acceptors (Lipinski definition) is 5. The standard InChI is InChI=1S/C25H22ClF3N4O2S/c26-19-5-4-17(20(10-19)25(27,28)29)14-33-21-6-3-15(8-18(21)12-31-33)9-22-23(34)32(24(35)36-22)13-16-2-1-7-30-11-16/h3-6,8-10,12,16,30H,1-2,7,11,13-14H2/t16-/m0/s1. The van der Waals surface area contributed by atoms with Crippen molar-refractivity contribution in [2.24, 2.45) is 5.92 Å². The molecule has 3 heterocycles. The summed E-state index contributed by atoms with van der Waals surface area (Å²) in [6, 6.07) is 8.99. The molecule has 0 radical (unpaired) electrons. The van der Waals surface area contributed by atoms with Crippen LogP contribution in [0.25, 0.3) is 17.0 Å². The van der Waals surface area contributed by atoms with Crippen molar-refractivity contribution >= 4 is 51.5 Å². The summed E-state index contributed by atoms with van der Waals surface area (Å²) >= 11 is 6.71. The lowest BCUT2D eigenvalue weighted by molar-refractivity contribution is -0.138. The van der Waals surface area contributed by atoms with Crippen molar-refractivity contribution in [2.45, 2.75) is 25.6 Å². The number of rotatable bonds is 5. The minimum absolute atomic E-state index is 0.0147. The van der Waals surface area contributed by atoms with E-state index in [1.165, 1.54) is 21.7 Å². The second-order valence-corrected chi connectivity index (χ2v) is 10.4. The Morgan fingerprint density at radius 2 is 2.03 bits per heavy atom. The van der Waals surface area contributed by atoms with Crippen LogP contribution in [0.3, 0.4) is 0 Å². The fourth-order valence-electron chi connectivity index (χ4n) is 4.58. The van der Waals surface area contributed by atoms with E-state index in [4.69, 9.17) is 11.6 Å². The number of nitrogens with one attached hydrogen (secondary N) is 1.